The van der Waals surface area contributed by atoms with E-state index < -0.39 is 0 Å². The summed E-state index contributed by atoms with van der Waals surface area (Å²) in [6, 6.07) is 13.5. The molecule has 4 rings (SSSR count). The van der Waals surface area contributed by atoms with Crippen LogP contribution in [0.1, 0.15) is 22.5 Å². The number of aromatic nitrogens is 2. The zero-order chi connectivity index (χ0) is 13.7. The molecule has 1 N–H and O–H groups in total. The standard InChI is InChI=1S/C18H16N2/c1-11-3-5-16-14(7-11)9-15-8-13(4-6-17(15)16)18-10-19-12(2)20-18/h3-8,10H,9H2,1-2H3,(H,19,20). The van der Waals surface area contributed by atoms with E-state index >= 15 is 0 Å². The van der Waals surface area contributed by atoms with Crippen molar-refractivity contribution in [3.63, 3.8) is 0 Å². The molecule has 98 valence electrons. The minimum atomic E-state index is 0.958. The van der Waals surface area contributed by atoms with Gasteiger partial charge in [-0.3, -0.25) is 0 Å². The predicted octanol–water partition coefficient (Wildman–Crippen LogP) is 4.26. The van der Waals surface area contributed by atoms with Gasteiger partial charge in [-0.2, -0.15) is 0 Å². The highest BCUT2D eigenvalue weighted by atomic mass is 14.9. The first-order valence-corrected chi connectivity index (χ1v) is 6.95. The van der Waals surface area contributed by atoms with E-state index in [1.807, 2.05) is 13.1 Å². The van der Waals surface area contributed by atoms with Crippen molar-refractivity contribution in [2.75, 3.05) is 0 Å². The molecule has 3 aromatic rings. The van der Waals surface area contributed by atoms with Crippen LogP contribution in [0.2, 0.25) is 0 Å². The van der Waals surface area contributed by atoms with Crippen molar-refractivity contribution >= 4 is 0 Å². The van der Waals surface area contributed by atoms with E-state index in [9.17, 15) is 0 Å². The number of H-pyrrole nitrogens is 1. The highest BCUT2D eigenvalue weighted by Gasteiger charge is 2.18. The molecular weight excluding hydrogens is 244 g/mol. The number of benzene rings is 2. The molecule has 2 aromatic carbocycles. The molecule has 0 atom stereocenters. The Labute approximate surface area is 118 Å². The number of imidazole rings is 1. The molecule has 0 spiro atoms. The van der Waals surface area contributed by atoms with E-state index in [2.05, 4.69) is 53.3 Å². The lowest BCUT2D eigenvalue weighted by Gasteiger charge is -2.04. The molecule has 0 fully saturated rings. The van der Waals surface area contributed by atoms with E-state index in [4.69, 9.17) is 0 Å². The highest BCUT2D eigenvalue weighted by Crippen LogP contribution is 2.38. The molecule has 0 saturated heterocycles. The van der Waals surface area contributed by atoms with Gasteiger partial charge >= 0.3 is 0 Å². The number of hydrogen-bond acceptors (Lipinski definition) is 1. The van der Waals surface area contributed by atoms with E-state index in [0.717, 1.165) is 17.9 Å². The van der Waals surface area contributed by atoms with Crippen LogP contribution in [0.5, 0.6) is 0 Å². The average Bonchev–Trinajstić information content (AvgIpc) is 3.00. The second kappa shape index (κ2) is 4.07. The Kier molecular flexibility index (Phi) is 2.34. The highest BCUT2D eigenvalue weighted by molar-refractivity contribution is 5.79. The summed E-state index contributed by atoms with van der Waals surface area (Å²) in [5.41, 5.74) is 9.26. The maximum atomic E-state index is 4.28. The molecule has 1 aromatic heterocycles. The van der Waals surface area contributed by atoms with E-state index in [0.29, 0.717) is 0 Å². The number of fused-ring (bicyclic) bond motifs is 3. The van der Waals surface area contributed by atoms with Gasteiger partial charge in [-0.25, -0.2) is 4.98 Å². The Hall–Kier alpha value is -2.35. The molecule has 1 aliphatic carbocycles. The van der Waals surface area contributed by atoms with Crippen molar-refractivity contribution in [2.24, 2.45) is 0 Å². The van der Waals surface area contributed by atoms with Crippen LogP contribution in [0.4, 0.5) is 0 Å². The third-order valence-corrected chi connectivity index (χ3v) is 4.05. The topological polar surface area (TPSA) is 28.7 Å². The van der Waals surface area contributed by atoms with Crippen molar-refractivity contribution in [3.05, 3.63) is 65.1 Å². The van der Waals surface area contributed by atoms with Crippen LogP contribution in [-0.2, 0) is 6.42 Å². The molecule has 2 nitrogen and oxygen atoms in total. The lowest BCUT2D eigenvalue weighted by molar-refractivity contribution is 1.15. The number of hydrogen-bond donors (Lipinski definition) is 1. The Morgan fingerprint density at radius 3 is 2.45 bits per heavy atom. The summed E-state index contributed by atoms with van der Waals surface area (Å²) in [6.45, 7) is 4.14. The molecule has 1 heterocycles. The van der Waals surface area contributed by atoms with Crippen LogP contribution < -0.4 is 0 Å². The van der Waals surface area contributed by atoms with Gasteiger partial charge in [0.25, 0.3) is 0 Å². The van der Waals surface area contributed by atoms with Gasteiger partial charge < -0.3 is 4.98 Å². The molecule has 0 bridgehead atoms. The molecule has 0 radical (unpaired) electrons. The van der Waals surface area contributed by atoms with Gasteiger partial charge in [0, 0.05) is 0 Å². The molecule has 1 aliphatic rings. The van der Waals surface area contributed by atoms with Gasteiger partial charge in [0.2, 0.25) is 0 Å². The van der Waals surface area contributed by atoms with Crippen molar-refractivity contribution in [3.8, 4) is 22.4 Å². The second-order valence-corrected chi connectivity index (χ2v) is 5.59. The summed E-state index contributed by atoms with van der Waals surface area (Å²) < 4.78 is 0. The summed E-state index contributed by atoms with van der Waals surface area (Å²) in [6.07, 6.45) is 2.94. The quantitative estimate of drug-likeness (QED) is 0.544. The molecule has 0 amide bonds. The van der Waals surface area contributed by atoms with Crippen molar-refractivity contribution in [2.45, 2.75) is 20.3 Å². The maximum Gasteiger partial charge on any atom is 0.103 e. The van der Waals surface area contributed by atoms with Crippen LogP contribution in [0, 0.1) is 13.8 Å². The number of nitrogens with zero attached hydrogens (tertiary/aromatic N) is 1. The van der Waals surface area contributed by atoms with Crippen molar-refractivity contribution in [1.82, 2.24) is 9.97 Å². The molecule has 0 saturated carbocycles. The summed E-state index contributed by atoms with van der Waals surface area (Å²) >= 11 is 0. The average molecular weight is 260 g/mol. The first kappa shape index (κ1) is 11.5. The lowest BCUT2D eigenvalue weighted by Crippen LogP contribution is -1.84. The van der Waals surface area contributed by atoms with Gasteiger partial charge in [-0.15, -0.1) is 0 Å². The fourth-order valence-corrected chi connectivity index (χ4v) is 3.07. The molecular formula is C18H16N2. The van der Waals surface area contributed by atoms with Gasteiger partial charge in [0.05, 0.1) is 11.9 Å². The Balaban J connectivity index is 1.82. The number of rotatable bonds is 1. The molecule has 20 heavy (non-hydrogen) atoms. The van der Waals surface area contributed by atoms with Gasteiger partial charge in [0.15, 0.2) is 0 Å². The second-order valence-electron chi connectivity index (χ2n) is 5.59. The largest absolute Gasteiger partial charge is 0.342 e. The Bertz CT molecular complexity index is 812. The van der Waals surface area contributed by atoms with Crippen LogP contribution in [0.15, 0.2) is 42.6 Å². The van der Waals surface area contributed by atoms with E-state index in [1.165, 1.54) is 33.4 Å². The summed E-state index contributed by atoms with van der Waals surface area (Å²) in [7, 11) is 0. The van der Waals surface area contributed by atoms with E-state index in [1.54, 1.807) is 0 Å². The summed E-state index contributed by atoms with van der Waals surface area (Å²) in [5, 5.41) is 0. The Morgan fingerprint density at radius 1 is 0.950 bits per heavy atom. The summed E-state index contributed by atoms with van der Waals surface area (Å²) in [5.74, 6) is 0.958. The fraction of sp³-hybridized carbons (Fsp3) is 0.167. The van der Waals surface area contributed by atoms with Crippen LogP contribution in [-0.4, -0.2) is 9.97 Å². The molecule has 0 unspecified atom stereocenters. The van der Waals surface area contributed by atoms with Crippen molar-refractivity contribution in [1.29, 1.82) is 0 Å². The monoisotopic (exact) mass is 260 g/mol. The lowest BCUT2D eigenvalue weighted by atomic mass is 10.0. The maximum absolute atomic E-state index is 4.28. The normalized spacial score (nSPS) is 12.3. The third kappa shape index (κ3) is 1.68. The molecule has 0 aliphatic heterocycles. The number of nitrogens with one attached hydrogen (secondary N) is 1. The minimum Gasteiger partial charge on any atom is -0.342 e. The summed E-state index contributed by atoms with van der Waals surface area (Å²) in [4.78, 5) is 7.58. The number of aromatic amines is 1. The third-order valence-electron chi connectivity index (χ3n) is 4.05. The fourth-order valence-electron chi connectivity index (χ4n) is 3.07. The van der Waals surface area contributed by atoms with Crippen LogP contribution >= 0.6 is 0 Å². The van der Waals surface area contributed by atoms with Crippen LogP contribution in [0.3, 0.4) is 0 Å². The van der Waals surface area contributed by atoms with Gasteiger partial charge in [0.1, 0.15) is 5.82 Å². The van der Waals surface area contributed by atoms with Gasteiger partial charge in [-0.05, 0) is 54.2 Å². The smallest absolute Gasteiger partial charge is 0.103 e. The minimum absolute atomic E-state index is 0.958. The SMILES string of the molecule is Cc1ccc2c(c1)Cc1cc(-c3cnc(C)[nH]3)ccc1-2. The Morgan fingerprint density at radius 2 is 1.70 bits per heavy atom. The predicted molar refractivity (Wildman–Crippen MR) is 81.7 cm³/mol. The molecule has 2 heteroatoms. The zero-order valence-electron chi connectivity index (χ0n) is 11.7. The van der Waals surface area contributed by atoms with Crippen molar-refractivity contribution < 1.29 is 0 Å². The van der Waals surface area contributed by atoms with Gasteiger partial charge in [-0.1, -0.05) is 35.9 Å². The van der Waals surface area contributed by atoms with Crippen LogP contribution in [0.25, 0.3) is 22.4 Å². The first-order valence-electron chi connectivity index (χ1n) is 6.95. The van der Waals surface area contributed by atoms with E-state index in [-0.39, 0.29) is 0 Å². The number of aryl methyl sites for hydroxylation is 2. The zero-order valence-corrected chi connectivity index (χ0v) is 11.7. The first-order chi connectivity index (χ1) is 9.70.